The molecule has 0 bridgehead atoms. The molecule has 8 heteroatoms. The summed E-state index contributed by atoms with van der Waals surface area (Å²) in [5.74, 6) is 0.0220. The van der Waals surface area contributed by atoms with Gasteiger partial charge in [-0.2, -0.15) is 0 Å². The Labute approximate surface area is 181 Å². The van der Waals surface area contributed by atoms with Crippen LogP contribution in [-0.4, -0.2) is 22.6 Å². The summed E-state index contributed by atoms with van der Waals surface area (Å²) in [6, 6.07) is 17.6. The number of aromatic nitrogens is 2. The van der Waals surface area contributed by atoms with E-state index >= 15 is 0 Å². The number of carbonyl (C=O) groups is 1. The Hall–Kier alpha value is -3.78. The summed E-state index contributed by atoms with van der Waals surface area (Å²) in [6.45, 7) is 0.256. The van der Waals surface area contributed by atoms with Gasteiger partial charge in [-0.25, -0.2) is 4.39 Å². The van der Waals surface area contributed by atoms with Crippen molar-refractivity contribution in [2.24, 2.45) is 0 Å². The molecule has 4 aromatic rings. The average molecular weight is 435 g/mol. The van der Waals surface area contributed by atoms with E-state index in [9.17, 15) is 14.0 Å². The second-order valence-electron chi connectivity index (χ2n) is 6.84. The van der Waals surface area contributed by atoms with Crippen molar-refractivity contribution in [2.45, 2.75) is 6.54 Å². The van der Waals surface area contributed by atoms with Crippen molar-refractivity contribution in [1.82, 2.24) is 14.9 Å². The molecule has 0 fully saturated rings. The molecule has 0 aliphatic heterocycles. The Morgan fingerprint density at radius 2 is 1.81 bits per heavy atom. The van der Waals surface area contributed by atoms with Gasteiger partial charge in [-0.1, -0.05) is 12.1 Å². The van der Waals surface area contributed by atoms with Crippen molar-refractivity contribution in [1.29, 1.82) is 0 Å². The van der Waals surface area contributed by atoms with E-state index < -0.39 is 0 Å². The fraction of sp³-hybridized carbons (Fsp3) is 0.0870. The van der Waals surface area contributed by atoms with Crippen LogP contribution >= 0.6 is 12.2 Å². The molecule has 31 heavy (non-hydrogen) atoms. The number of nitrogens with zero attached hydrogens (tertiary/aromatic N) is 1. The summed E-state index contributed by atoms with van der Waals surface area (Å²) in [7, 11) is 1.57. The fourth-order valence-corrected chi connectivity index (χ4v) is 3.51. The lowest BCUT2D eigenvalue weighted by Gasteiger charge is -2.10. The van der Waals surface area contributed by atoms with Crippen molar-refractivity contribution in [3.63, 3.8) is 0 Å². The quantitative estimate of drug-likeness (QED) is 0.462. The van der Waals surface area contributed by atoms with Gasteiger partial charge in [0.2, 0.25) is 0 Å². The Kier molecular flexibility index (Phi) is 5.64. The molecule has 0 spiro atoms. The van der Waals surface area contributed by atoms with Gasteiger partial charge in [0.1, 0.15) is 11.6 Å². The van der Waals surface area contributed by atoms with Crippen LogP contribution in [0.3, 0.4) is 0 Å². The first kappa shape index (κ1) is 20.5. The number of fused-ring (bicyclic) bond motifs is 1. The summed E-state index contributed by atoms with van der Waals surface area (Å²) in [4.78, 5) is 28.6. The van der Waals surface area contributed by atoms with Gasteiger partial charge < -0.3 is 15.0 Å². The van der Waals surface area contributed by atoms with Gasteiger partial charge in [0, 0.05) is 12.1 Å². The van der Waals surface area contributed by atoms with E-state index in [1.165, 1.54) is 16.7 Å². The molecule has 1 heterocycles. The number of methoxy groups -OCH3 is 1. The predicted octanol–water partition coefficient (Wildman–Crippen LogP) is 4.13. The van der Waals surface area contributed by atoms with Crippen molar-refractivity contribution in [2.75, 3.05) is 7.11 Å². The van der Waals surface area contributed by atoms with Crippen LogP contribution in [0.25, 0.3) is 16.6 Å². The van der Waals surface area contributed by atoms with Crippen LogP contribution in [0.2, 0.25) is 0 Å². The molecule has 156 valence electrons. The third-order valence-electron chi connectivity index (χ3n) is 4.86. The number of amides is 1. The van der Waals surface area contributed by atoms with Gasteiger partial charge in [0.25, 0.3) is 11.5 Å². The van der Waals surface area contributed by atoms with Crippen molar-refractivity contribution in [3.8, 4) is 11.4 Å². The first-order chi connectivity index (χ1) is 15.0. The van der Waals surface area contributed by atoms with Crippen LogP contribution in [0, 0.1) is 10.6 Å². The van der Waals surface area contributed by atoms with Crippen LogP contribution < -0.4 is 15.6 Å². The zero-order chi connectivity index (χ0) is 22.0. The molecule has 3 aromatic carbocycles. The Morgan fingerprint density at radius 3 is 2.48 bits per heavy atom. The SMILES string of the molecule is COc1ccc(-n2c(=S)[nH]c3cc(C(=O)NCc4ccc(F)cc4)ccc3c2=O)cc1. The third-order valence-corrected chi connectivity index (χ3v) is 5.14. The molecule has 1 aromatic heterocycles. The first-order valence-corrected chi connectivity index (χ1v) is 9.83. The van der Waals surface area contributed by atoms with Crippen molar-refractivity contribution >= 4 is 29.0 Å². The number of nitrogens with one attached hydrogen (secondary N) is 2. The molecular weight excluding hydrogens is 417 g/mol. The molecule has 2 N–H and O–H groups in total. The van der Waals surface area contributed by atoms with Gasteiger partial charge in [0.15, 0.2) is 4.77 Å². The van der Waals surface area contributed by atoms with Crippen molar-refractivity contribution in [3.05, 3.63) is 98.8 Å². The standard InChI is InChI=1S/C23H18FN3O3S/c1-30-18-9-7-17(8-10-18)27-22(29)19-11-4-15(12-20(19)26-23(27)31)21(28)25-13-14-2-5-16(24)6-3-14/h2-12H,13H2,1H3,(H,25,28)(H,26,31). The molecule has 0 saturated carbocycles. The fourth-order valence-electron chi connectivity index (χ4n) is 3.21. The minimum Gasteiger partial charge on any atom is -0.497 e. The normalized spacial score (nSPS) is 10.8. The molecular formula is C23H18FN3O3S. The highest BCUT2D eigenvalue weighted by Crippen LogP contribution is 2.16. The number of benzene rings is 3. The van der Waals surface area contributed by atoms with E-state index in [0.29, 0.717) is 27.9 Å². The largest absolute Gasteiger partial charge is 0.497 e. The number of carbonyl (C=O) groups excluding carboxylic acids is 1. The highest BCUT2D eigenvalue weighted by atomic mass is 32.1. The van der Waals surface area contributed by atoms with Gasteiger partial charge in [-0.05, 0) is 72.4 Å². The molecule has 0 unspecified atom stereocenters. The number of halogens is 1. The van der Waals surface area contributed by atoms with E-state index in [1.54, 1.807) is 61.7 Å². The summed E-state index contributed by atoms with van der Waals surface area (Å²) in [6.07, 6.45) is 0. The number of hydrogen-bond acceptors (Lipinski definition) is 4. The number of H-pyrrole nitrogens is 1. The maximum atomic E-state index is 13.0. The highest BCUT2D eigenvalue weighted by molar-refractivity contribution is 7.71. The van der Waals surface area contributed by atoms with Crippen LogP contribution in [0.5, 0.6) is 5.75 Å². The Morgan fingerprint density at radius 1 is 1.10 bits per heavy atom. The number of rotatable bonds is 5. The summed E-state index contributed by atoms with van der Waals surface area (Å²) in [5.41, 5.74) is 1.94. The van der Waals surface area contributed by atoms with Crippen LogP contribution in [0.4, 0.5) is 4.39 Å². The van der Waals surface area contributed by atoms with Crippen LogP contribution in [-0.2, 0) is 6.54 Å². The highest BCUT2D eigenvalue weighted by Gasteiger charge is 2.12. The number of hydrogen-bond donors (Lipinski definition) is 2. The van der Waals surface area contributed by atoms with Gasteiger partial charge in [0.05, 0.1) is 23.7 Å². The van der Waals surface area contributed by atoms with Gasteiger partial charge in [-0.15, -0.1) is 0 Å². The molecule has 0 aliphatic carbocycles. The maximum absolute atomic E-state index is 13.0. The molecule has 6 nitrogen and oxygen atoms in total. The minimum absolute atomic E-state index is 0.214. The summed E-state index contributed by atoms with van der Waals surface area (Å²) >= 11 is 5.39. The van der Waals surface area contributed by atoms with Crippen molar-refractivity contribution < 1.29 is 13.9 Å². The number of aromatic amines is 1. The summed E-state index contributed by atoms with van der Waals surface area (Å²) < 4.78 is 19.8. The molecule has 0 saturated heterocycles. The lowest BCUT2D eigenvalue weighted by atomic mass is 10.1. The third kappa shape index (κ3) is 4.24. The average Bonchev–Trinajstić information content (AvgIpc) is 2.78. The maximum Gasteiger partial charge on any atom is 0.266 e. The van der Waals surface area contributed by atoms with E-state index in [2.05, 4.69) is 10.3 Å². The monoisotopic (exact) mass is 435 g/mol. The molecule has 4 rings (SSSR count). The Balaban J connectivity index is 1.63. The Bertz CT molecular complexity index is 1380. The molecule has 0 atom stereocenters. The molecule has 0 aliphatic rings. The zero-order valence-electron chi connectivity index (χ0n) is 16.5. The van der Waals surface area contributed by atoms with E-state index in [1.807, 2.05) is 0 Å². The van der Waals surface area contributed by atoms with Crippen LogP contribution in [0.1, 0.15) is 15.9 Å². The zero-order valence-corrected chi connectivity index (χ0v) is 17.3. The van der Waals surface area contributed by atoms with Crippen LogP contribution in [0.15, 0.2) is 71.5 Å². The molecule has 0 radical (unpaired) electrons. The lowest BCUT2D eigenvalue weighted by molar-refractivity contribution is 0.0951. The second kappa shape index (κ2) is 8.53. The van der Waals surface area contributed by atoms with Gasteiger partial charge in [-0.3, -0.25) is 14.2 Å². The molecule has 1 amide bonds. The minimum atomic E-state index is -0.333. The van der Waals surface area contributed by atoms with E-state index in [-0.39, 0.29) is 28.6 Å². The lowest BCUT2D eigenvalue weighted by Crippen LogP contribution is -2.24. The number of ether oxygens (including phenoxy) is 1. The smallest absolute Gasteiger partial charge is 0.266 e. The van der Waals surface area contributed by atoms with E-state index in [4.69, 9.17) is 17.0 Å². The van der Waals surface area contributed by atoms with E-state index in [0.717, 1.165) is 5.56 Å². The van der Waals surface area contributed by atoms with Gasteiger partial charge >= 0.3 is 0 Å². The second-order valence-corrected chi connectivity index (χ2v) is 7.22. The summed E-state index contributed by atoms with van der Waals surface area (Å²) in [5, 5.41) is 3.18. The first-order valence-electron chi connectivity index (χ1n) is 9.42. The topological polar surface area (TPSA) is 76.1 Å². The predicted molar refractivity (Wildman–Crippen MR) is 119 cm³/mol.